The standard InChI is InChI=1S/C11H23N3O/c1-3-14-7-4-5-10(6-8-14)13-9(2)11(12)15/h9-10,13H,3-8H2,1-2H3,(H2,12,15). The van der Waals surface area contributed by atoms with Gasteiger partial charge in [-0.1, -0.05) is 6.92 Å². The van der Waals surface area contributed by atoms with E-state index < -0.39 is 0 Å². The second-order valence-corrected chi connectivity index (χ2v) is 4.35. The van der Waals surface area contributed by atoms with E-state index in [2.05, 4.69) is 17.1 Å². The Hall–Kier alpha value is -0.610. The van der Waals surface area contributed by atoms with Crippen LogP contribution in [0.5, 0.6) is 0 Å². The van der Waals surface area contributed by atoms with Gasteiger partial charge in [-0.25, -0.2) is 0 Å². The van der Waals surface area contributed by atoms with E-state index >= 15 is 0 Å². The molecule has 4 nitrogen and oxygen atoms in total. The normalized spacial score (nSPS) is 25.9. The van der Waals surface area contributed by atoms with Gasteiger partial charge in [0.25, 0.3) is 0 Å². The molecule has 0 aromatic carbocycles. The van der Waals surface area contributed by atoms with Gasteiger partial charge >= 0.3 is 0 Å². The highest BCUT2D eigenvalue weighted by Crippen LogP contribution is 2.11. The minimum absolute atomic E-state index is 0.205. The largest absolute Gasteiger partial charge is 0.368 e. The Morgan fingerprint density at radius 3 is 2.87 bits per heavy atom. The van der Waals surface area contributed by atoms with Crippen molar-refractivity contribution in [3.05, 3.63) is 0 Å². The molecule has 0 spiro atoms. The lowest BCUT2D eigenvalue weighted by atomic mass is 10.1. The monoisotopic (exact) mass is 213 g/mol. The number of primary amides is 1. The molecule has 1 aliphatic rings. The predicted molar refractivity (Wildman–Crippen MR) is 61.5 cm³/mol. The summed E-state index contributed by atoms with van der Waals surface area (Å²) >= 11 is 0. The van der Waals surface area contributed by atoms with Crippen molar-refractivity contribution in [1.29, 1.82) is 0 Å². The number of carbonyl (C=O) groups excluding carboxylic acids is 1. The van der Waals surface area contributed by atoms with Crippen LogP contribution in [0.2, 0.25) is 0 Å². The van der Waals surface area contributed by atoms with E-state index in [0.717, 1.165) is 25.9 Å². The lowest BCUT2D eigenvalue weighted by Crippen LogP contribution is -2.44. The summed E-state index contributed by atoms with van der Waals surface area (Å²) in [5, 5.41) is 3.30. The number of nitrogens with two attached hydrogens (primary N) is 1. The Kier molecular flexibility index (Phi) is 5.05. The molecule has 3 N–H and O–H groups in total. The number of rotatable bonds is 4. The third kappa shape index (κ3) is 4.18. The van der Waals surface area contributed by atoms with Crippen molar-refractivity contribution < 1.29 is 4.79 Å². The molecule has 1 fully saturated rings. The number of nitrogens with zero attached hydrogens (tertiary/aromatic N) is 1. The van der Waals surface area contributed by atoms with Crippen LogP contribution in [0.25, 0.3) is 0 Å². The molecule has 0 aromatic rings. The van der Waals surface area contributed by atoms with Gasteiger partial charge in [-0.2, -0.15) is 0 Å². The molecule has 1 saturated heterocycles. The van der Waals surface area contributed by atoms with Gasteiger partial charge in [0.05, 0.1) is 6.04 Å². The number of nitrogens with one attached hydrogen (secondary N) is 1. The summed E-state index contributed by atoms with van der Waals surface area (Å²) in [5.74, 6) is -0.258. The smallest absolute Gasteiger partial charge is 0.234 e. The van der Waals surface area contributed by atoms with E-state index in [1.165, 1.54) is 13.0 Å². The minimum atomic E-state index is -0.258. The number of hydrogen-bond donors (Lipinski definition) is 2. The van der Waals surface area contributed by atoms with Crippen LogP contribution < -0.4 is 11.1 Å². The van der Waals surface area contributed by atoms with Crippen LogP contribution in [0.3, 0.4) is 0 Å². The molecule has 0 aliphatic carbocycles. The molecule has 0 aromatic heterocycles. The first-order valence-electron chi connectivity index (χ1n) is 5.91. The van der Waals surface area contributed by atoms with Crippen LogP contribution in [0.4, 0.5) is 0 Å². The minimum Gasteiger partial charge on any atom is -0.368 e. The fourth-order valence-corrected chi connectivity index (χ4v) is 2.07. The summed E-state index contributed by atoms with van der Waals surface area (Å²) in [6.07, 6.45) is 3.47. The van der Waals surface area contributed by atoms with Crippen LogP contribution in [0.15, 0.2) is 0 Å². The molecule has 2 unspecified atom stereocenters. The van der Waals surface area contributed by atoms with E-state index in [9.17, 15) is 4.79 Å². The van der Waals surface area contributed by atoms with Crippen molar-refractivity contribution in [3.63, 3.8) is 0 Å². The van der Waals surface area contributed by atoms with Gasteiger partial charge in [-0.3, -0.25) is 4.79 Å². The van der Waals surface area contributed by atoms with E-state index in [4.69, 9.17) is 5.73 Å². The molecule has 0 saturated carbocycles. The van der Waals surface area contributed by atoms with Crippen LogP contribution in [-0.4, -0.2) is 42.5 Å². The number of amides is 1. The SMILES string of the molecule is CCN1CCCC(NC(C)C(N)=O)CC1. The van der Waals surface area contributed by atoms with E-state index in [1.807, 2.05) is 6.92 Å². The maximum Gasteiger partial charge on any atom is 0.234 e. The van der Waals surface area contributed by atoms with Crippen LogP contribution in [0, 0.1) is 0 Å². The Bertz CT molecular complexity index is 208. The Labute approximate surface area is 92.2 Å². The molecule has 4 heteroatoms. The van der Waals surface area contributed by atoms with E-state index in [1.54, 1.807) is 0 Å². The highest BCUT2D eigenvalue weighted by atomic mass is 16.1. The van der Waals surface area contributed by atoms with E-state index in [-0.39, 0.29) is 11.9 Å². The highest BCUT2D eigenvalue weighted by Gasteiger charge is 2.19. The van der Waals surface area contributed by atoms with E-state index in [0.29, 0.717) is 6.04 Å². The maximum absolute atomic E-state index is 10.9. The summed E-state index contributed by atoms with van der Waals surface area (Å²) in [6, 6.07) is 0.243. The quantitative estimate of drug-likeness (QED) is 0.707. The Morgan fingerprint density at radius 1 is 1.53 bits per heavy atom. The number of carbonyl (C=O) groups is 1. The van der Waals surface area contributed by atoms with Crippen LogP contribution in [0.1, 0.15) is 33.1 Å². The topological polar surface area (TPSA) is 58.4 Å². The molecule has 1 aliphatic heterocycles. The molecule has 0 bridgehead atoms. The summed E-state index contributed by atoms with van der Waals surface area (Å²) in [7, 11) is 0. The Morgan fingerprint density at radius 2 is 2.27 bits per heavy atom. The lowest BCUT2D eigenvalue weighted by molar-refractivity contribution is -0.119. The first-order valence-corrected chi connectivity index (χ1v) is 5.91. The fraction of sp³-hybridized carbons (Fsp3) is 0.909. The summed E-state index contributed by atoms with van der Waals surface area (Å²) in [4.78, 5) is 13.4. The second-order valence-electron chi connectivity index (χ2n) is 4.35. The molecule has 15 heavy (non-hydrogen) atoms. The zero-order valence-electron chi connectivity index (χ0n) is 9.83. The lowest BCUT2D eigenvalue weighted by Gasteiger charge is -2.20. The second kappa shape index (κ2) is 6.08. The molecular formula is C11H23N3O. The van der Waals surface area contributed by atoms with Gasteiger partial charge in [0, 0.05) is 6.04 Å². The average Bonchev–Trinajstić information content (AvgIpc) is 2.43. The predicted octanol–water partition coefficient (Wildman–Crippen LogP) is 0.324. The first kappa shape index (κ1) is 12.5. The van der Waals surface area contributed by atoms with Crippen molar-refractivity contribution in [1.82, 2.24) is 10.2 Å². The van der Waals surface area contributed by atoms with Crippen LogP contribution >= 0.6 is 0 Å². The van der Waals surface area contributed by atoms with Gasteiger partial charge in [0.2, 0.25) is 5.91 Å². The van der Waals surface area contributed by atoms with Gasteiger partial charge in [0.1, 0.15) is 0 Å². The first-order chi connectivity index (χ1) is 7.13. The van der Waals surface area contributed by atoms with Crippen molar-refractivity contribution in [2.24, 2.45) is 5.73 Å². The Balaban J connectivity index is 2.34. The fourth-order valence-electron chi connectivity index (χ4n) is 2.07. The molecule has 1 rings (SSSR count). The maximum atomic E-state index is 10.9. The highest BCUT2D eigenvalue weighted by molar-refractivity contribution is 5.79. The van der Waals surface area contributed by atoms with Gasteiger partial charge in [-0.15, -0.1) is 0 Å². The molecule has 0 radical (unpaired) electrons. The van der Waals surface area contributed by atoms with Crippen molar-refractivity contribution in [2.75, 3.05) is 19.6 Å². The number of hydrogen-bond acceptors (Lipinski definition) is 3. The summed E-state index contributed by atoms with van der Waals surface area (Å²) < 4.78 is 0. The van der Waals surface area contributed by atoms with Crippen molar-refractivity contribution in [2.45, 2.75) is 45.2 Å². The number of likely N-dealkylation sites (tertiary alicyclic amines) is 1. The summed E-state index contributed by atoms with van der Waals surface area (Å²) in [5.41, 5.74) is 5.23. The molecule has 2 atom stereocenters. The van der Waals surface area contributed by atoms with Crippen molar-refractivity contribution in [3.8, 4) is 0 Å². The average molecular weight is 213 g/mol. The van der Waals surface area contributed by atoms with Gasteiger partial charge < -0.3 is 16.0 Å². The third-order valence-electron chi connectivity index (χ3n) is 3.18. The molecule has 1 amide bonds. The van der Waals surface area contributed by atoms with Gasteiger partial charge in [0.15, 0.2) is 0 Å². The summed E-state index contributed by atoms with van der Waals surface area (Å²) in [6.45, 7) is 7.46. The molecule has 1 heterocycles. The molecular weight excluding hydrogens is 190 g/mol. The van der Waals surface area contributed by atoms with Gasteiger partial charge in [-0.05, 0) is 45.8 Å². The molecule has 88 valence electrons. The van der Waals surface area contributed by atoms with Crippen LogP contribution in [-0.2, 0) is 4.79 Å². The zero-order valence-corrected chi connectivity index (χ0v) is 9.83. The third-order valence-corrected chi connectivity index (χ3v) is 3.18. The van der Waals surface area contributed by atoms with Crippen molar-refractivity contribution >= 4 is 5.91 Å². The zero-order chi connectivity index (χ0) is 11.3.